The quantitative estimate of drug-likeness (QED) is 0.512. The zero-order valence-corrected chi connectivity index (χ0v) is 12.6. The highest BCUT2D eigenvalue weighted by molar-refractivity contribution is 9.10. The number of ether oxygens (including phenoxy) is 2. The van der Waals surface area contributed by atoms with Crippen molar-refractivity contribution in [1.29, 1.82) is 0 Å². The largest absolute Gasteiger partial charge is 0.490 e. The third kappa shape index (κ3) is 3.62. The van der Waals surface area contributed by atoms with E-state index in [1.165, 1.54) is 12.8 Å². The molecule has 5 heteroatoms. The second-order valence-electron chi connectivity index (χ2n) is 4.56. The molecule has 4 nitrogen and oxygen atoms in total. The van der Waals surface area contributed by atoms with Crippen LogP contribution in [-0.4, -0.2) is 18.9 Å². The lowest BCUT2D eigenvalue weighted by molar-refractivity contribution is 0.196. The maximum absolute atomic E-state index is 6.04. The van der Waals surface area contributed by atoms with Gasteiger partial charge in [-0.2, -0.15) is 5.10 Å². The van der Waals surface area contributed by atoms with E-state index in [4.69, 9.17) is 15.3 Å². The van der Waals surface area contributed by atoms with Gasteiger partial charge in [0.15, 0.2) is 11.5 Å². The molecule has 0 saturated heterocycles. The van der Waals surface area contributed by atoms with Crippen LogP contribution in [0.4, 0.5) is 0 Å². The fraction of sp³-hybridized carbons (Fsp3) is 0.500. The molecular formula is C14H19BrN2O2. The summed E-state index contributed by atoms with van der Waals surface area (Å²) in [6, 6.07) is 3.83. The highest BCUT2D eigenvalue weighted by Gasteiger charge is 2.19. The Kier molecular flexibility index (Phi) is 5.07. The minimum atomic E-state index is 0.306. The molecule has 1 aliphatic carbocycles. The van der Waals surface area contributed by atoms with Gasteiger partial charge < -0.3 is 15.3 Å². The minimum absolute atomic E-state index is 0.306. The zero-order valence-electron chi connectivity index (χ0n) is 11.1. The molecule has 1 aromatic rings. The molecule has 2 rings (SSSR count). The number of hydrogen-bond donors (Lipinski definition) is 1. The van der Waals surface area contributed by atoms with Crippen LogP contribution in [0.2, 0.25) is 0 Å². The van der Waals surface area contributed by atoms with Crippen molar-refractivity contribution in [2.75, 3.05) is 6.61 Å². The molecule has 0 spiro atoms. The summed E-state index contributed by atoms with van der Waals surface area (Å²) < 4.78 is 12.6. The average molecular weight is 327 g/mol. The molecule has 1 fully saturated rings. The molecule has 2 N–H and O–H groups in total. The number of hydrogen-bond acceptors (Lipinski definition) is 4. The molecule has 0 atom stereocenters. The van der Waals surface area contributed by atoms with Gasteiger partial charge in [0.05, 0.1) is 18.9 Å². The monoisotopic (exact) mass is 326 g/mol. The van der Waals surface area contributed by atoms with E-state index in [0.717, 1.165) is 34.4 Å². The molecule has 0 radical (unpaired) electrons. The van der Waals surface area contributed by atoms with Gasteiger partial charge in [-0.1, -0.05) is 0 Å². The van der Waals surface area contributed by atoms with Gasteiger partial charge in [0.25, 0.3) is 0 Å². The topological polar surface area (TPSA) is 56.8 Å². The lowest BCUT2D eigenvalue weighted by Crippen LogP contribution is -2.12. The summed E-state index contributed by atoms with van der Waals surface area (Å²) in [4.78, 5) is 0. The van der Waals surface area contributed by atoms with Crippen LogP contribution in [0.1, 0.15) is 38.2 Å². The van der Waals surface area contributed by atoms with Crippen LogP contribution in [0.5, 0.6) is 11.5 Å². The molecule has 1 aliphatic rings. The first-order valence-corrected chi connectivity index (χ1v) is 7.40. The maximum atomic E-state index is 6.04. The molecule has 0 amide bonds. The third-order valence-corrected chi connectivity index (χ3v) is 3.86. The minimum Gasteiger partial charge on any atom is -0.490 e. The molecule has 1 saturated carbocycles. The molecule has 104 valence electrons. The smallest absolute Gasteiger partial charge is 0.162 e. The lowest BCUT2D eigenvalue weighted by Gasteiger charge is -2.17. The number of nitrogens with zero attached hydrogens (tertiary/aromatic N) is 1. The Morgan fingerprint density at radius 2 is 2.11 bits per heavy atom. The van der Waals surface area contributed by atoms with Crippen molar-refractivity contribution in [3.05, 3.63) is 22.2 Å². The van der Waals surface area contributed by atoms with Crippen molar-refractivity contribution in [1.82, 2.24) is 0 Å². The molecule has 19 heavy (non-hydrogen) atoms. The van der Waals surface area contributed by atoms with E-state index in [-0.39, 0.29) is 0 Å². The standard InChI is InChI=1S/C14H19BrN2O2/c1-2-18-13-7-10(9-17-16)12(15)8-14(13)19-11-5-3-4-6-11/h7-9,11H,2-6,16H2,1H3. The van der Waals surface area contributed by atoms with E-state index in [0.29, 0.717) is 12.7 Å². The second-order valence-corrected chi connectivity index (χ2v) is 5.41. The van der Waals surface area contributed by atoms with Gasteiger partial charge in [-0.3, -0.25) is 0 Å². The van der Waals surface area contributed by atoms with Gasteiger partial charge in [0.1, 0.15) is 0 Å². The number of nitrogens with two attached hydrogens (primary N) is 1. The number of hydrazone groups is 1. The van der Waals surface area contributed by atoms with E-state index in [1.807, 2.05) is 19.1 Å². The maximum Gasteiger partial charge on any atom is 0.162 e. The first kappa shape index (κ1) is 14.2. The predicted molar refractivity (Wildman–Crippen MR) is 80.0 cm³/mol. The molecule has 0 aromatic heterocycles. The normalized spacial score (nSPS) is 16.1. The fourth-order valence-electron chi connectivity index (χ4n) is 2.28. The summed E-state index contributed by atoms with van der Waals surface area (Å²) in [5.41, 5.74) is 0.879. The molecule has 0 aliphatic heterocycles. The van der Waals surface area contributed by atoms with E-state index < -0.39 is 0 Å². The second kappa shape index (κ2) is 6.80. The van der Waals surface area contributed by atoms with Crippen LogP contribution in [-0.2, 0) is 0 Å². The number of benzene rings is 1. The molecule has 0 heterocycles. The highest BCUT2D eigenvalue weighted by Crippen LogP contribution is 2.35. The van der Waals surface area contributed by atoms with Crippen LogP contribution >= 0.6 is 15.9 Å². The van der Waals surface area contributed by atoms with E-state index >= 15 is 0 Å². The van der Waals surface area contributed by atoms with Gasteiger partial charge in [-0.05, 0) is 60.7 Å². The molecule has 0 bridgehead atoms. The van der Waals surface area contributed by atoms with Crippen molar-refractivity contribution in [2.24, 2.45) is 10.9 Å². The van der Waals surface area contributed by atoms with Crippen LogP contribution in [0.25, 0.3) is 0 Å². The summed E-state index contributed by atoms with van der Waals surface area (Å²) in [5.74, 6) is 6.73. The average Bonchev–Trinajstić information content (AvgIpc) is 2.88. The summed E-state index contributed by atoms with van der Waals surface area (Å²) in [5, 5.41) is 3.55. The molecule has 1 aromatic carbocycles. The summed E-state index contributed by atoms with van der Waals surface area (Å²) in [7, 11) is 0. The first-order valence-electron chi connectivity index (χ1n) is 6.60. The Bertz CT molecular complexity index is 457. The molecular weight excluding hydrogens is 308 g/mol. The van der Waals surface area contributed by atoms with Gasteiger partial charge in [0, 0.05) is 10.0 Å². The SMILES string of the molecule is CCOc1cc(C=NN)c(Br)cc1OC1CCCC1. The zero-order chi connectivity index (χ0) is 13.7. The Hall–Kier alpha value is -1.23. The lowest BCUT2D eigenvalue weighted by atomic mass is 10.2. The van der Waals surface area contributed by atoms with Crippen LogP contribution in [0.15, 0.2) is 21.7 Å². The van der Waals surface area contributed by atoms with Crippen molar-refractivity contribution in [3.8, 4) is 11.5 Å². The van der Waals surface area contributed by atoms with Crippen molar-refractivity contribution >= 4 is 22.1 Å². The number of halogens is 1. The Labute approximate surface area is 122 Å². The Morgan fingerprint density at radius 1 is 1.37 bits per heavy atom. The van der Waals surface area contributed by atoms with Crippen LogP contribution in [0, 0.1) is 0 Å². The van der Waals surface area contributed by atoms with E-state index in [2.05, 4.69) is 21.0 Å². The first-order chi connectivity index (χ1) is 9.24. The van der Waals surface area contributed by atoms with E-state index in [9.17, 15) is 0 Å². The molecule has 0 unspecified atom stereocenters. The van der Waals surface area contributed by atoms with Gasteiger partial charge in [-0.25, -0.2) is 0 Å². The summed E-state index contributed by atoms with van der Waals surface area (Å²) in [6.45, 7) is 2.56. The summed E-state index contributed by atoms with van der Waals surface area (Å²) >= 11 is 3.50. The Morgan fingerprint density at radius 3 is 2.74 bits per heavy atom. The fourth-order valence-corrected chi connectivity index (χ4v) is 2.70. The predicted octanol–water partition coefficient (Wildman–Crippen LogP) is 3.46. The highest BCUT2D eigenvalue weighted by atomic mass is 79.9. The van der Waals surface area contributed by atoms with Crippen LogP contribution in [0.3, 0.4) is 0 Å². The number of rotatable bonds is 5. The van der Waals surface area contributed by atoms with Crippen LogP contribution < -0.4 is 15.3 Å². The Balaban J connectivity index is 2.26. The van der Waals surface area contributed by atoms with Crippen molar-refractivity contribution < 1.29 is 9.47 Å². The van der Waals surface area contributed by atoms with Gasteiger partial charge >= 0.3 is 0 Å². The van der Waals surface area contributed by atoms with E-state index in [1.54, 1.807) is 6.21 Å². The van der Waals surface area contributed by atoms with Gasteiger partial charge in [-0.15, -0.1) is 0 Å². The van der Waals surface area contributed by atoms with Crippen molar-refractivity contribution in [2.45, 2.75) is 38.7 Å². The third-order valence-electron chi connectivity index (χ3n) is 3.17. The van der Waals surface area contributed by atoms with Crippen molar-refractivity contribution in [3.63, 3.8) is 0 Å². The van der Waals surface area contributed by atoms with Gasteiger partial charge in [0.2, 0.25) is 0 Å². The summed E-state index contributed by atoms with van der Waals surface area (Å²) in [6.07, 6.45) is 6.62.